The summed E-state index contributed by atoms with van der Waals surface area (Å²) in [6.45, 7) is 5.32. The molecule has 3 aromatic carbocycles. The first-order valence-corrected chi connectivity index (χ1v) is 25.6. The zero-order chi connectivity index (χ0) is 47.8. The quantitative estimate of drug-likeness (QED) is 0.137. The largest absolute Gasteiger partial charge is 0.663 e. The average Bonchev–Trinajstić information content (AvgIpc) is 4.07. The van der Waals surface area contributed by atoms with Gasteiger partial charge >= 0.3 is 6.03 Å². The molecule has 0 bridgehead atoms. The van der Waals surface area contributed by atoms with Crippen molar-refractivity contribution in [2.45, 2.75) is 64.5 Å². The van der Waals surface area contributed by atoms with Gasteiger partial charge in [-0.15, -0.1) is 11.4 Å². The van der Waals surface area contributed by atoms with E-state index in [9.17, 15) is 4.79 Å². The highest BCUT2D eigenvalue weighted by Crippen LogP contribution is 2.48. The number of urea groups is 1. The summed E-state index contributed by atoms with van der Waals surface area (Å²) in [5, 5.41) is 18.5. The molecule has 70 heavy (non-hydrogen) atoms. The normalized spacial score (nSPS) is 17.7. The van der Waals surface area contributed by atoms with Gasteiger partial charge in [0.25, 0.3) is 0 Å². The van der Waals surface area contributed by atoms with E-state index in [1.807, 2.05) is 85.1 Å². The predicted octanol–water partition coefficient (Wildman–Crippen LogP) is 14.5. The van der Waals surface area contributed by atoms with Crippen LogP contribution >= 0.6 is 34.8 Å². The number of imidazole rings is 2. The van der Waals surface area contributed by atoms with Gasteiger partial charge in [0.05, 0.1) is 12.7 Å². The zero-order valence-corrected chi connectivity index (χ0v) is 41.4. The van der Waals surface area contributed by atoms with E-state index in [4.69, 9.17) is 45.4 Å². The number of fused-ring (bicyclic) bond motifs is 4. The summed E-state index contributed by atoms with van der Waals surface area (Å²) in [5.74, 6) is 0.783. The van der Waals surface area contributed by atoms with Crippen LogP contribution in [0.5, 0.6) is 0 Å². The number of piperidine rings is 2. The summed E-state index contributed by atoms with van der Waals surface area (Å²) >= 11 is 18.9. The molecular weight excluding hydrogens is 933 g/mol. The maximum atomic E-state index is 13.0. The van der Waals surface area contributed by atoms with Gasteiger partial charge in [-0.1, -0.05) is 94.5 Å². The molecule has 5 aromatic rings. The van der Waals surface area contributed by atoms with Crippen LogP contribution < -0.4 is 10.6 Å². The number of nitrogens with one attached hydrogen (secondary N) is 2. The number of aryl methyl sites for hydroxylation is 2. The molecule has 2 aromatic heterocycles. The SMILES string of the molecule is Clc1ccc2c(c1)C=C(CCCn1ccnc1)C1=CC=C[N-]C1=C2C1CCNCC1.O=C(Nc1ccc(Cl)cc1)N1CCC(C2=C3[N-]C=CC=C3C(CCCn3ccnc3)=Cc3cc(Cl)ccc32)CC1. The van der Waals surface area contributed by atoms with Gasteiger partial charge in [-0.05, 0) is 169 Å². The molecule has 2 saturated heterocycles. The number of carbonyl (C=O) groups excluding carboxylic acids is 1. The number of likely N-dealkylation sites (tertiary alicyclic amines) is 1. The number of halogens is 3. The fourth-order valence-corrected chi connectivity index (χ4v) is 11.0. The highest BCUT2D eigenvalue weighted by Gasteiger charge is 2.30. The summed E-state index contributed by atoms with van der Waals surface area (Å²) < 4.78 is 4.25. The fraction of sp³-hybridized carbons (Fsp3) is 0.281. The predicted molar refractivity (Wildman–Crippen MR) is 287 cm³/mol. The zero-order valence-electron chi connectivity index (χ0n) is 39.1. The summed E-state index contributed by atoms with van der Waals surface area (Å²) in [6, 6.07) is 19.6. The second-order valence-electron chi connectivity index (χ2n) is 18.5. The number of rotatable bonds is 11. The number of anilines is 1. The van der Waals surface area contributed by atoms with Crippen LogP contribution in [0.15, 0.2) is 168 Å². The summed E-state index contributed by atoms with van der Waals surface area (Å²) in [4.78, 5) is 23.2. The Balaban J connectivity index is 0.000000169. The molecule has 2 amide bonds. The molecule has 2 N–H and O–H groups in total. The van der Waals surface area contributed by atoms with E-state index in [1.165, 1.54) is 50.1 Å². The van der Waals surface area contributed by atoms with Crippen molar-refractivity contribution in [1.29, 1.82) is 0 Å². The van der Waals surface area contributed by atoms with Gasteiger partial charge in [0.2, 0.25) is 0 Å². The van der Waals surface area contributed by atoms with Crippen molar-refractivity contribution >= 4 is 69.8 Å². The van der Waals surface area contributed by atoms with Crippen molar-refractivity contribution in [3.8, 4) is 0 Å². The lowest BCUT2D eigenvalue weighted by Gasteiger charge is -2.38. The van der Waals surface area contributed by atoms with Crippen molar-refractivity contribution < 1.29 is 4.79 Å². The molecule has 11 rings (SSSR count). The molecular formula is C57H56Cl3N9O-2. The lowest BCUT2D eigenvalue weighted by atomic mass is 9.81. The van der Waals surface area contributed by atoms with Crippen LogP contribution in [0.25, 0.3) is 33.9 Å². The van der Waals surface area contributed by atoms with E-state index in [1.54, 1.807) is 12.1 Å². The van der Waals surface area contributed by atoms with Crippen molar-refractivity contribution in [3.63, 3.8) is 0 Å². The highest BCUT2D eigenvalue weighted by molar-refractivity contribution is 6.31. The van der Waals surface area contributed by atoms with E-state index in [0.717, 1.165) is 110 Å². The minimum absolute atomic E-state index is 0.0841. The first-order valence-electron chi connectivity index (χ1n) is 24.4. The fourth-order valence-electron chi connectivity index (χ4n) is 10.5. The van der Waals surface area contributed by atoms with Gasteiger partial charge in [-0.3, -0.25) is 0 Å². The Kier molecular flexibility index (Phi) is 15.0. The Labute approximate surface area is 425 Å². The summed E-state index contributed by atoms with van der Waals surface area (Å²) in [6.07, 6.45) is 36.3. The number of hydrogen-bond acceptors (Lipinski definition) is 4. The molecule has 6 heterocycles. The Morgan fingerprint density at radius 1 is 0.657 bits per heavy atom. The van der Waals surface area contributed by atoms with Crippen molar-refractivity contribution in [2.24, 2.45) is 11.8 Å². The Hall–Kier alpha value is -6.30. The maximum Gasteiger partial charge on any atom is 0.321 e. The number of hydrogen-bond donors (Lipinski definition) is 2. The van der Waals surface area contributed by atoms with Gasteiger partial charge < -0.3 is 35.3 Å². The van der Waals surface area contributed by atoms with Crippen LogP contribution in [-0.2, 0) is 13.1 Å². The monoisotopic (exact) mass is 987 g/mol. The van der Waals surface area contributed by atoms with Crippen molar-refractivity contribution in [3.05, 3.63) is 216 Å². The van der Waals surface area contributed by atoms with Gasteiger partial charge in [0, 0.05) is 71.7 Å². The topological polar surface area (TPSA) is 108 Å². The van der Waals surface area contributed by atoms with Crippen LogP contribution in [0, 0.1) is 11.8 Å². The first-order chi connectivity index (χ1) is 34.3. The molecule has 0 unspecified atom stereocenters. The Bertz CT molecular complexity index is 2940. The van der Waals surface area contributed by atoms with Gasteiger partial charge in [0.1, 0.15) is 0 Å². The Morgan fingerprint density at radius 2 is 1.16 bits per heavy atom. The van der Waals surface area contributed by atoms with Crippen LogP contribution in [-0.4, -0.2) is 56.2 Å². The molecule has 4 aliphatic heterocycles. The number of allylic oxidation sites excluding steroid dienone is 8. The molecule has 358 valence electrons. The van der Waals surface area contributed by atoms with E-state index in [-0.39, 0.29) is 11.9 Å². The molecule has 13 heteroatoms. The second-order valence-corrected chi connectivity index (χ2v) is 19.8. The third kappa shape index (κ3) is 11.0. The minimum Gasteiger partial charge on any atom is -0.663 e. The number of nitrogens with zero attached hydrogens (tertiary/aromatic N) is 7. The van der Waals surface area contributed by atoms with Gasteiger partial charge in [-0.25, -0.2) is 14.8 Å². The van der Waals surface area contributed by atoms with Crippen molar-refractivity contribution in [2.75, 3.05) is 31.5 Å². The molecule has 6 aliphatic rings. The third-order valence-corrected chi connectivity index (χ3v) is 14.7. The lowest BCUT2D eigenvalue weighted by molar-refractivity contribution is 0.192. The van der Waals surface area contributed by atoms with Gasteiger partial charge in [0.15, 0.2) is 0 Å². The molecule has 0 saturated carbocycles. The molecule has 2 aliphatic carbocycles. The highest BCUT2D eigenvalue weighted by atomic mass is 35.5. The van der Waals surface area contributed by atoms with E-state index >= 15 is 0 Å². The van der Waals surface area contributed by atoms with E-state index in [0.29, 0.717) is 24.0 Å². The van der Waals surface area contributed by atoms with Crippen LogP contribution in [0.2, 0.25) is 15.1 Å². The minimum atomic E-state index is -0.0841. The number of amides is 2. The first kappa shape index (κ1) is 47.4. The second kappa shape index (κ2) is 22.2. The number of aromatic nitrogens is 4. The average molecular weight is 989 g/mol. The Morgan fingerprint density at radius 3 is 1.66 bits per heavy atom. The van der Waals surface area contributed by atoms with Gasteiger partial charge in [-0.2, -0.15) is 12.4 Å². The standard InChI is InChI=1S/C32H30Cl2N5O.C25H26ClN4/c33-25-5-8-27(9-6-25)37-32(40)39-16-11-22(12-17-39)30-28-10-7-26(34)20-24(28)19-23(29-4-1-13-36-31(29)30)3-2-15-38-18-14-35-21-38;26-21-5-6-22-20(16-21)15-19(3-2-13-30-14-12-28-17-30)23-4-1-9-29-25(23)24(22)18-7-10-27-11-8-18/h1,4-10,13-14,18-22H,2-3,11-12,15-17H2,(H,37,40);1,4-6,9,12,14-18,27H,2-3,7-8,10-11,13H2/q2*-1. The van der Waals surface area contributed by atoms with Crippen LogP contribution in [0.1, 0.15) is 73.6 Å². The van der Waals surface area contributed by atoms with Crippen molar-refractivity contribution in [1.82, 2.24) is 29.3 Å². The molecule has 2 fully saturated rings. The van der Waals surface area contributed by atoms with Crippen LogP contribution in [0.3, 0.4) is 0 Å². The smallest absolute Gasteiger partial charge is 0.321 e. The molecule has 10 nitrogen and oxygen atoms in total. The lowest BCUT2D eigenvalue weighted by Crippen LogP contribution is -2.41. The molecule has 0 spiro atoms. The third-order valence-electron chi connectivity index (χ3n) is 14.0. The maximum absolute atomic E-state index is 13.0. The van der Waals surface area contributed by atoms with E-state index in [2.05, 4.69) is 84.4 Å². The summed E-state index contributed by atoms with van der Waals surface area (Å²) in [5.41, 5.74) is 15.4. The number of carbonyl (C=O) groups is 1. The number of benzene rings is 3. The molecule has 0 radical (unpaired) electrons. The molecule has 0 atom stereocenters. The summed E-state index contributed by atoms with van der Waals surface area (Å²) in [7, 11) is 0. The van der Waals surface area contributed by atoms with Crippen LogP contribution in [0.4, 0.5) is 10.5 Å². The van der Waals surface area contributed by atoms with E-state index < -0.39 is 0 Å².